The van der Waals surface area contributed by atoms with E-state index in [0.29, 0.717) is 24.8 Å². The molecule has 1 aliphatic carbocycles. The highest BCUT2D eigenvalue weighted by Crippen LogP contribution is 2.43. The Kier molecular flexibility index (Phi) is 5.22. The summed E-state index contributed by atoms with van der Waals surface area (Å²) in [5, 5.41) is 30.8. The molecule has 1 aromatic rings. The monoisotopic (exact) mass is 335 g/mol. The smallest absolute Gasteiger partial charge is 0.451 e. The van der Waals surface area contributed by atoms with E-state index in [-0.39, 0.29) is 24.1 Å². The highest BCUT2D eigenvalue weighted by atomic mass is 19.1. The first-order valence-corrected chi connectivity index (χ1v) is 8.62. The molecule has 130 valence electrons. The maximum atomic E-state index is 14.5. The van der Waals surface area contributed by atoms with E-state index in [1.165, 1.54) is 6.07 Å². The summed E-state index contributed by atoms with van der Waals surface area (Å²) in [4.78, 5) is 11.8. The van der Waals surface area contributed by atoms with Crippen molar-refractivity contribution in [3.05, 3.63) is 34.6 Å². The first-order valence-electron chi connectivity index (χ1n) is 8.62. The van der Waals surface area contributed by atoms with Gasteiger partial charge in [-0.15, -0.1) is 0 Å². The van der Waals surface area contributed by atoms with E-state index in [2.05, 4.69) is 5.32 Å². The van der Waals surface area contributed by atoms with Crippen LogP contribution in [0.1, 0.15) is 54.3 Å². The van der Waals surface area contributed by atoms with E-state index in [1.54, 1.807) is 6.07 Å². The maximum absolute atomic E-state index is 14.5. The zero-order valence-corrected chi connectivity index (χ0v) is 13.5. The van der Waals surface area contributed by atoms with Crippen molar-refractivity contribution in [2.24, 2.45) is 5.92 Å². The number of benzene rings is 1. The second kappa shape index (κ2) is 7.21. The van der Waals surface area contributed by atoms with Crippen molar-refractivity contribution in [1.82, 2.24) is 5.32 Å². The molecule has 0 amide bonds. The van der Waals surface area contributed by atoms with Crippen molar-refractivity contribution in [1.29, 1.82) is 0 Å². The lowest BCUT2D eigenvalue weighted by atomic mass is 9.80. The predicted molar refractivity (Wildman–Crippen MR) is 88.2 cm³/mol. The molecule has 1 heterocycles. The summed E-state index contributed by atoms with van der Waals surface area (Å²) in [7, 11) is -1.37. The molecule has 0 aromatic heterocycles. The van der Waals surface area contributed by atoms with Crippen molar-refractivity contribution < 1.29 is 24.3 Å². The van der Waals surface area contributed by atoms with Gasteiger partial charge in [-0.05, 0) is 61.7 Å². The molecule has 0 radical (unpaired) electrons. The van der Waals surface area contributed by atoms with Gasteiger partial charge in [-0.25, -0.2) is 4.39 Å². The molecule has 0 bridgehead atoms. The molecule has 0 unspecified atom stereocenters. The van der Waals surface area contributed by atoms with E-state index in [4.69, 9.17) is 10.0 Å². The molecule has 3 rings (SSSR count). The van der Waals surface area contributed by atoms with Crippen LogP contribution in [0.25, 0.3) is 0 Å². The number of rotatable bonds is 6. The minimum absolute atomic E-state index is 0.0340. The number of halogens is 1. The third-order valence-electron chi connectivity index (χ3n) is 5.29. The van der Waals surface area contributed by atoms with Gasteiger partial charge in [0, 0.05) is 11.6 Å². The standard InChI is InChI=1S/C17H23BFNO4/c19-14-8-11-7-10(3-1-5-18(23)24)16(17(21)22)12(11)9-13(14)15-4-2-6-20-15/h8-10,15-16,20,23-24H,1-7H2,(H,21,22)/t10-,15-,16-/m0/s1. The summed E-state index contributed by atoms with van der Waals surface area (Å²) < 4.78 is 14.5. The molecule has 1 fully saturated rings. The van der Waals surface area contributed by atoms with Crippen molar-refractivity contribution in [2.45, 2.75) is 50.4 Å². The highest BCUT2D eigenvalue weighted by Gasteiger charge is 2.38. The molecule has 1 aliphatic heterocycles. The van der Waals surface area contributed by atoms with Crippen LogP contribution in [0.2, 0.25) is 6.32 Å². The third kappa shape index (κ3) is 3.48. The van der Waals surface area contributed by atoms with Crippen molar-refractivity contribution >= 4 is 13.1 Å². The number of carboxylic acid groups (broad SMARTS) is 1. The van der Waals surface area contributed by atoms with Gasteiger partial charge in [0.15, 0.2) is 0 Å². The van der Waals surface area contributed by atoms with Crippen LogP contribution in [0.5, 0.6) is 0 Å². The number of aliphatic carboxylic acids is 1. The Morgan fingerprint density at radius 3 is 2.75 bits per heavy atom. The number of hydrogen-bond donors (Lipinski definition) is 4. The minimum atomic E-state index is -1.37. The van der Waals surface area contributed by atoms with Crippen LogP contribution in [-0.4, -0.2) is 34.8 Å². The van der Waals surface area contributed by atoms with Gasteiger partial charge in [0.05, 0.1) is 5.92 Å². The zero-order chi connectivity index (χ0) is 17.3. The molecule has 2 aliphatic rings. The summed E-state index contributed by atoms with van der Waals surface area (Å²) in [6.07, 6.45) is 3.75. The maximum Gasteiger partial charge on any atom is 0.451 e. The fraction of sp³-hybridized carbons (Fsp3) is 0.588. The van der Waals surface area contributed by atoms with Crippen LogP contribution in [0, 0.1) is 11.7 Å². The van der Waals surface area contributed by atoms with Gasteiger partial charge in [0.1, 0.15) is 5.82 Å². The van der Waals surface area contributed by atoms with Crippen LogP contribution >= 0.6 is 0 Å². The Balaban J connectivity index is 1.84. The van der Waals surface area contributed by atoms with Crippen molar-refractivity contribution in [2.75, 3.05) is 6.54 Å². The molecular formula is C17H23BFNO4. The zero-order valence-electron chi connectivity index (χ0n) is 13.5. The second-order valence-electron chi connectivity index (χ2n) is 6.91. The number of nitrogens with one attached hydrogen (secondary N) is 1. The normalized spacial score (nSPS) is 25.7. The molecular weight excluding hydrogens is 312 g/mol. The summed E-state index contributed by atoms with van der Waals surface area (Å²) in [6, 6.07) is 3.21. The quantitative estimate of drug-likeness (QED) is 0.596. The van der Waals surface area contributed by atoms with Gasteiger partial charge >= 0.3 is 13.1 Å². The second-order valence-corrected chi connectivity index (χ2v) is 6.91. The van der Waals surface area contributed by atoms with Gasteiger partial charge in [-0.1, -0.05) is 12.5 Å². The van der Waals surface area contributed by atoms with E-state index in [9.17, 15) is 14.3 Å². The number of carbonyl (C=O) groups is 1. The Morgan fingerprint density at radius 1 is 1.33 bits per heavy atom. The number of carboxylic acids is 1. The Hall–Kier alpha value is -1.44. The first kappa shape index (κ1) is 17.4. The van der Waals surface area contributed by atoms with Crippen LogP contribution in [-0.2, 0) is 11.2 Å². The minimum Gasteiger partial charge on any atom is -0.481 e. The highest BCUT2D eigenvalue weighted by molar-refractivity contribution is 6.40. The largest absolute Gasteiger partial charge is 0.481 e. The average molecular weight is 335 g/mol. The van der Waals surface area contributed by atoms with E-state index < -0.39 is 19.0 Å². The lowest BCUT2D eigenvalue weighted by Gasteiger charge is -2.18. The van der Waals surface area contributed by atoms with Crippen LogP contribution in [0.15, 0.2) is 12.1 Å². The summed E-state index contributed by atoms with van der Waals surface area (Å²) in [5.41, 5.74) is 2.07. The molecule has 7 heteroatoms. The lowest BCUT2D eigenvalue weighted by Crippen LogP contribution is -2.19. The summed E-state index contributed by atoms with van der Waals surface area (Å²) >= 11 is 0. The van der Waals surface area contributed by atoms with Crippen LogP contribution in [0.3, 0.4) is 0 Å². The molecule has 24 heavy (non-hydrogen) atoms. The molecule has 1 saturated heterocycles. The molecule has 5 nitrogen and oxygen atoms in total. The average Bonchev–Trinajstić information content (AvgIpc) is 3.12. The molecule has 4 N–H and O–H groups in total. The molecule has 0 spiro atoms. The Morgan fingerprint density at radius 2 is 2.12 bits per heavy atom. The Labute approximate surface area is 141 Å². The number of hydrogen-bond acceptors (Lipinski definition) is 4. The van der Waals surface area contributed by atoms with Gasteiger partial charge in [0.2, 0.25) is 0 Å². The summed E-state index contributed by atoms with van der Waals surface area (Å²) in [5.74, 6) is -1.91. The van der Waals surface area contributed by atoms with Gasteiger partial charge < -0.3 is 20.5 Å². The van der Waals surface area contributed by atoms with Gasteiger partial charge in [-0.3, -0.25) is 4.79 Å². The number of fused-ring (bicyclic) bond motifs is 1. The van der Waals surface area contributed by atoms with E-state index in [1.807, 2.05) is 0 Å². The Bertz CT molecular complexity index is 619. The topological polar surface area (TPSA) is 89.8 Å². The van der Waals surface area contributed by atoms with E-state index in [0.717, 1.165) is 30.5 Å². The van der Waals surface area contributed by atoms with Crippen molar-refractivity contribution in [3.63, 3.8) is 0 Å². The molecule has 0 saturated carbocycles. The third-order valence-corrected chi connectivity index (χ3v) is 5.29. The SMILES string of the molecule is O=C(O)[C@@H]1c2cc([C@@H]3CCCN3)c(F)cc2C[C@@H]1CCCB(O)O. The van der Waals surface area contributed by atoms with Gasteiger partial charge in [-0.2, -0.15) is 0 Å². The molecule has 3 atom stereocenters. The molecule has 1 aromatic carbocycles. The predicted octanol–water partition coefficient (Wildman–Crippen LogP) is 1.84. The van der Waals surface area contributed by atoms with E-state index >= 15 is 0 Å². The summed E-state index contributed by atoms with van der Waals surface area (Å²) in [6.45, 7) is 0.857. The lowest BCUT2D eigenvalue weighted by molar-refractivity contribution is -0.139. The van der Waals surface area contributed by atoms with Crippen LogP contribution in [0.4, 0.5) is 4.39 Å². The first-order chi connectivity index (χ1) is 11.5. The van der Waals surface area contributed by atoms with Crippen molar-refractivity contribution in [3.8, 4) is 0 Å². The van der Waals surface area contributed by atoms with Gasteiger partial charge in [0.25, 0.3) is 0 Å². The van der Waals surface area contributed by atoms with Crippen LogP contribution < -0.4 is 5.32 Å². The fourth-order valence-electron chi connectivity index (χ4n) is 4.15. The fourth-order valence-corrected chi connectivity index (χ4v) is 4.15.